The van der Waals surface area contributed by atoms with Gasteiger partial charge in [0.2, 0.25) is 0 Å². The molecule has 1 aliphatic heterocycles. The first-order valence-corrected chi connectivity index (χ1v) is 10.9. The Balaban J connectivity index is 2.15. The largest absolute Gasteiger partial charge is 0.324 e. The molecule has 1 aliphatic rings. The summed E-state index contributed by atoms with van der Waals surface area (Å²) in [6, 6.07) is 8.49. The van der Waals surface area contributed by atoms with Crippen molar-refractivity contribution in [2.75, 3.05) is 18.1 Å². The third-order valence-corrected chi connectivity index (χ3v) is 6.92. The molecule has 0 amide bonds. The fourth-order valence-corrected chi connectivity index (χ4v) is 5.51. The van der Waals surface area contributed by atoms with Gasteiger partial charge in [-0.1, -0.05) is 31.2 Å². The number of hydrogen-bond acceptors (Lipinski definition) is 5. The topological polar surface area (TPSA) is 60.2 Å². The molecular weight excluding hydrogens is 338 g/mol. The van der Waals surface area contributed by atoms with Gasteiger partial charge in [0.1, 0.15) is 11.6 Å². The smallest absolute Gasteiger partial charge is 0.150 e. The summed E-state index contributed by atoms with van der Waals surface area (Å²) in [5.41, 5.74) is 8.25. The second-order valence-electron chi connectivity index (χ2n) is 6.28. The van der Waals surface area contributed by atoms with Crippen LogP contribution in [0.15, 0.2) is 24.3 Å². The van der Waals surface area contributed by atoms with Gasteiger partial charge in [-0.2, -0.15) is 23.5 Å². The number of benzene rings is 1. The Morgan fingerprint density at radius 1 is 1.17 bits per heavy atom. The molecule has 0 fully saturated rings. The van der Waals surface area contributed by atoms with Crippen LogP contribution in [0, 0.1) is 11.8 Å². The molecule has 0 spiro atoms. The first-order valence-electron chi connectivity index (χ1n) is 8.63. The maximum Gasteiger partial charge on any atom is 0.150 e. The van der Waals surface area contributed by atoms with Crippen molar-refractivity contribution in [3.63, 3.8) is 0 Å². The van der Waals surface area contributed by atoms with Crippen molar-refractivity contribution in [3.05, 3.63) is 35.4 Å². The lowest BCUT2D eigenvalue weighted by molar-refractivity contribution is -0.123. The van der Waals surface area contributed by atoms with Crippen molar-refractivity contribution in [1.82, 2.24) is 0 Å². The molecule has 2 N–H and O–H groups in total. The minimum absolute atomic E-state index is 0.0725. The van der Waals surface area contributed by atoms with Gasteiger partial charge in [0, 0.05) is 41.3 Å². The Morgan fingerprint density at radius 3 is 2.38 bits per heavy atom. The quantitative estimate of drug-likeness (QED) is 0.885. The van der Waals surface area contributed by atoms with Gasteiger partial charge in [-0.25, -0.2) is 0 Å². The molecule has 1 aromatic rings. The average molecular weight is 366 g/mol. The zero-order chi connectivity index (χ0) is 17.4. The van der Waals surface area contributed by atoms with E-state index in [1.807, 2.05) is 11.8 Å². The fraction of sp³-hybridized carbons (Fsp3) is 0.579. The van der Waals surface area contributed by atoms with Crippen LogP contribution in [0.1, 0.15) is 37.3 Å². The summed E-state index contributed by atoms with van der Waals surface area (Å²) in [6.45, 7) is 2.15. The highest BCUT2D eigenvalue weighted by atomic mass is 32.2. The van der Waals surface area contributed by atoms with Gasteiger partial charge in [0.05, 0.1) is 6.54 Å². The molecule has 5 heteroatoms. The van der Waals surface area contributed by atoms with Gasteiger partial charge in [-0.15, -0.1) is 0 Å². The molecule has 3 nitrogen and oxygen atoms in total. The number of Topliss-reactive ketones (excluding diaryl/α,β-unsaturated/α-hetero) is 2. The number of carbonyl (C=O) groups excluding carboxylic acids is 2. The highest BCUT2D eigenvalue weighted by Crippen LogP contribution is 2.27. The molecule has 132 valence electrons. The van der Waals surface area contributed by atoms with Crippen LogP contribution in [0.5, 0.6) is 0 Å². The maximum atomic E-state index is 12.5. The second kappa shape index (κ2) is 10.3. The predicted octanol–water partition coefficient (Wildman–Crippen LogP) is 3.69. The van der Waals surface area contributed by atoms with E-state index in [-0.39, 0.29) is 24.2 Å². The molecule has 0 radical (unpaired) electrons. The van der Waals surface area contributed by atoms with Gasteiger partial charge in [0.15, 0.2) is 0 Å². The minimum atomic E-state index is -0.0953. The molecule has 24 heavy (non-hydrogen) atoms. The van der Waals surface area contributed by atoms with E-state index in [1.54, 1.807) is 11.8 Å². The number of thioether (sulfide) groups is 2. The SMILES string of the molecule is CC[C@H]1CSCc2ccccc2CSC[C@@H](C(=O)CN)CCC1=O. The van der Waals surface area contributed by atoms with Gasteiger partial charge in [-0.05, 0) is 24.0 Å². The standard InChI is InChI=1S/C19H27NO2S2/c1-2-14-10-23-11-15-5-3-4-6-16(15)12-24-13-17(19(22)9-20)7-8-18(14)21/h3-6,14,17H,2,7-13,20H2,1H3/t14-,17-/m0/s1. The third-order valence-electron chi connectivity index (χ3n) is 4.62. The lowest BCUT2D eigenvalue weighted by Gasteiger charge is -2.16. The summed E-state index contributed by atoms with van der Waals surface area (Å²) in [5.74, 6) is 3.87. The van der Waals surface area contributed by atoms with Crippen molar-refractivity contribution in [1.29, 1.82) is 0 Å². The Morgan fingerprint density at radius 2 is 1.79 bits per heavy atom. The zero-order valence-corrected chi connectivity index (χ0v) is 16.0. The fourth-order valence-electron chi connectivity index (χ4n) is 2.92. The first kappa shape index (κ1) is 19.5. The van der Waals surface area contributed by atoms with Crippen LogP contribution in [0.4, 0.5) is 0 Å². The zero-order valence-electron chi connectivity index (χ0n) is 14.3. The first-order chi connectivity index (χ1) is 11.7. The Bertz CT molecular complexity index is 562. The van der Waals surface area contributed by atoms with E-state index < -0.39 is 0 Å². The van der Waals surface area contributed by atoms with Gasteiger partial charge in [-0.3, -0.25) is 9.59 Å². The van der Waals surface area contributed by atoms with Gasteiger partial charge >= 0.3 is 0 Å². The van der Waals surface area contributed by atoms with Crippen LogP contribution >= 0.6 is 23.5 Å². The van der Waals surface area contributed by atoms with E-state index in [0.29, 0.717) is 18.6 Å². The molecule has 0 saturated carbocycles. The molecule has 0 aliphatic carbocycles. The molecule has 1 aromatic carbocycles. The number of rotatable bonds is 3. The summed E-state index contributed by atoms with van der Waals surface area (Å²) in [6.07, 6.45) is 2.02. The highest BCUT2D eigenvalue weighted by Gasteiger charge is 2.22. The number of fused-ring (bicyclic) bond motifs is 1. The number of hydrogen-bond donors (Lipinski definition) is 1. The molecule has 0 bridgehead atoms. The third kappa shape index (κ3) is 5.64. The van der Waals surface area contributed by atoms with E-state index in [2.05, 4.69) is 31.2 Å². The summed E-state index contributed by atoms with van der Waals surface area (Å²) < 4.78 is 0. The second-order valence-corrected chi connectivity index (χ2v) is 8.34. The van der Waals surface area contributed by atoms with Crippen molar-refractivity contribution in [2.24, 2.45) is 17.6 Å². The maximum absolute atomic E-state index is 12.5. The van der Waals surface area contributed by atoms with Crippen molar-refractivity contribution < 1.29 is 9.59 Å². The van der Waals surface area contributed by atoms with E-state index in [4.69, 9.17) is 5.73 Å². The average Bonchev–Trinajstić information content (AvgIpc) is 2.62. The molecule has 0 aromatic heterocycles. The van der Waals surface area contributed by atoms with Crippen LogP contribution in [0.25, 0.3) is 0 Å². The summed E-state index contributed by atoms with van der Waals surface area (Å²) >= 11 is 3.63. The van der Waals surface area contributed by atoms with Crippen LogP contribution in [0.3, 0.4) is 0 Å². The normalized spacial score (nSPS) is 23.5. The summed E-state index contributed by atoms with van der Waals surface area (Å²) in [5, 5.41) is 0. The summed E-state index contributed by atoms with van der Waals surface area (Å²) in [4.78, 5) is 24.6. The van der Waals surface area contributed by atoms with E-state index in [1.165, 1.54) is 11.1 Å². The van der Waals surface area contributed by atoms with Crippen LogP contribution in [0.2, 0.25) is 0 Å². The Kier molecular flexibility index (Phi) is 8.36. The van der Waals surface area contributed by atoms with Crippen LogP contribution < -0.4 is 5.73 Å². The molecule has 2 rings (SSSR count). The van der Waals surface area contributed by atoms with Crippen LogP contribution in [-0.4, -0.2) is 29.6 Å². The monoisotopic (exact) mass is 365 g/mol. The predicted molar refractivity (Wildman–Crippen MR) is 104 cm³/mol. The highest BCUT2D eigenvalue weighted by molar-refractivity contribution is 7.98. The number of carbonyl (C=O) groups is 2. The van der Waals surface area contributed by atoms with E-state index in [0.717, 1.165) is 29.4 Å². The van der Waals surface area contributed by atoms with Crippen LogP contribution in [-0.2, 0) is 21.1 Å². The number of nitrogens with two attached hydrogens (primary N) is 1. The van der Waals surface area contributed by atoms with Crippen molar-refractivity contribution in [3.8, 4) is 0 Å². The van der Waals surface area contributed by atoms with E-state index in [9.17, 15) is 9.59 Å². The minimum Gasteiger partial charge on any atom is -0.324 e. The van der Waals surface area contributed by atoms with Gasteiger partial charge in [0.25, 0.3) is 0 Å². The van der Waals surface area contributed by atoms with E-state index >= 15 is 0 Å². The molecule has 2 atom stereocenters. The number of ketones is 2. The molecule has 1 heterocycles. The Labute approximate surface area is 153 Å². The Hall–Kier alpha value is -0.780. The molecule has 0 saturated heterocycles. The molecule has 0 unspecified atom stereocenters. The summed E-state index contributed by atoms with van der Waals surface area (Å²) in [7, 11) is 0. The van der Waals surface area contributed by atoms with Crippen molar-refractivity contribution >= 4 is 35.1 Å². The van der Waals surface area contributed by atoms with Gasteiger partial charge < -0.3 is 5.73 Å². The lowest BCUT2D eigenvalue weighted by Crippen LogP contribution is -2.27. The van der Waals surface area contributed by atoms with Crippen molar-refractivity contribution in [2.45, 2.75) is 37.7 Å². The molecular formula is C19H27NO2S2. The lowest BCUT2D eigenvalue weighted by atomic mass is 9.93.